The molecule has 30 heavy (non-hydrogen) atoms. The Morgan fingerprint density at radius 3 is 2.60 bits per heavy atom. The van der Waals surface area contributed by atoms with Crippen molar-refractivity contribution in [3.8, 4) is 5.75 Å². The number of anilines is 1. The van der Waals surface area contributed by atoms with E-state index in [1.54, 1.807) is 24.2 Å². The van der Waals surface area contributed by atoms with Crippen molar-refractivity contribution in [3.63, 3.8) is 0 Å². The predicted octanol–water partition coefficient (Wildman–Crippen LogP) is 2.58. The zero-order valence-electron chi connectivity index (χ0n) is 16.2. The summed E-state index contributed by atoms with van der Waals surface area (Å²) in [6.07, 6.45) is -1.38. The monoisotopic (exact) mass is 429 g/mol. The van der Waals surface area contributed by atoms with Crippen LogP contribution < -0.4 is 14.6 Å². The number of halogens is 4. The van der Waals surface area contributed by atoms with Crippen molar-refractivity contribution in [1.29, 1.82) is 0 Å². The molecule has 0 unspecified atom stereocenters. The Kier molecular flexibility index (Phi) is 6.28. The molecule has 1 fully saturated rings. The van der Waals surface area contributed by atoms with Crippen molar-refractivity contribution in [1.82, 2.24) is 9.58 Å². The topological polar surface area (TPSA) is 69.5 Å². The van der Waals surface area contributed by atoms with Crippen LogP contribution in [-0.2, 0) is 18.0 Å². The minimum atomic E-state index is -4.66. The second kappa shape index (κ2) is 8.72. The minimum Gasteiger partial charge on any atom is -0.490 e. The highest BCUT2D eigenvalue weighted by molar-refractivity contribution is 5.80. The molecule has 1 saturated heterocycles. The molecule has 1 aliphatic heterocycles. The second-order valence-corrected chi connectivity index (χ2v) is 7.00. The number of rotatable bonds is 5. The van der Waals surface area contributed by atoms with E-state index >= 15 is 0 Å². The van der Waals surface area contributed by atoms with Crippen LogP contribution in [0, 0.1) is 10.7 Å². The lowest BCUT2D eigenvalue weighted by Gasteiger charge is -2.32. The molecular formula is C19H21F4N4O3+. The van der Waals surface area contributed by atoms with Crippen molar-refractivity contribution in [2.24, 2.45) is 7.05 Å². The minimum absolute atomic E-state index is 0.0350. The zero-order valence-corrected chi connectivity index (χ0v) is 16.2. The Hall–Kier alpha value is -3.11. The van der Waals surface area contributed by atoms with Crippen LogP contribution in [0.3, 0.4) is 0 Å². The van der Waals surface area contributed by atoms with Gasteiger partial charge in [0, 0.05) is 38.1 Å². The van der Waals surface area contributed by atoms with Gasteiger partial charge in [-0.15, -0.1) is 4.68 Å². The SMILES string of the molecule is Cn1cc(NCC(=O)N2CCC(Oc3cc(F)cc(C(F)(F)F)c3)CC2)cc[n+]1=O. The van der Waals surface area contributed by atoms with Crippen molar-refractivity contribution in [3.05, 3.63) is 52.9 Å². The van der Waals surface area contributed by atoms with Gasteiger partial charge in [-0.3, -0.25) is 4.79 Å². The van der Waals surface area contributed by atoms with Crippen LogP contribution in [0.4, 0.5) is 23.2 Å². The van der Waals surface area contributed by atoms with Gasteiger partial charge in [0.1, 0.15) is 17.7 Å². The van der Waals surface area contributed by atoms with Crippen LogP contribution in [0.15, 0.2) is 36.7 Å². The Balaban J connectivity index is 1.51. The molecule has 0 radical (unpaired) electrons. The molecule has 0 aliphatic carbocycles. The third-order valence-electron chi connectivity index (χ3n) is 4.76. The average molecular weight is 429 g/mol. The van der Waals surface area contributed by atoms with Gasteiger partial charge in [-0.25, -0.2) is 4.39 Å². The fourth-order valence-electron chi connectivity index (χ4n) is 3.15. The molecule has 1 aromatic carbocycles. The number of aromatic nitrogens is 2. The first-order valence-corrected chi connectivity index (χ1v) is 9.27. The van der Waals surface area contributed by atoms with Crippen LogP contribution in [0.1, 0.15) is 18.4 Å². The molecule has 1 N–H and O–H groups in total. The Morgan fingerprint density at radius 1 is 1.27 bits per heavy atom. The first-order valence-electron chi connectivity index (χ1n) is 9.27. The molecule has 0 spiro atoms. The van der Waals surface area contributed by atoms with Crippen LogP contribution in [0.5, 0.6) is 5.75 Å². The maximum Gasteiger partial charge on any atom is 0.416 e. The lowest BCUT2D eigenvalue weighted by Crippen LogP contribution is -2.44. The number of ether oxygens (including phenoxy) is 1. The molecule has 2 aromatic rings. The van der Waals surface area contributed by atoms with E-state index in [9.17, 15) is 27.3 Å². The number of piperidine rings is 1. The Labute approximate surface area is 169 Å². The van der Waals surface area contributed by atoms with Crippen molar-refractivity contribution >= 4 is 11.6 Å². The van der Waals surface area contributed by atoms with Gasteiger partial charge in [-0.05, 0) is 12.1 Å². The van der Waals surface area contributed by atoms with Crippen LogP contribution in [0.2, 0.25) is 0 Å². The molecule has 11 heteroatoms. The van der Waals surface area contributed by atoms with Gasteiger partial charge in [-0.2, -0.15) is 13.2 Å². The van der Waals surface area contributed by atoms with Crippen molar-refractivity contribution in [2.75, 3.05) is 25.0 Å². The molecule has 7 nitrogen and oxygen atoms in total. The highest BCUT2D eigenvalue weighted by atomic mass is 19.4. The van der Waals surface area contributed by atoms with E-state index in [1.807, 2.05) is 0 Å². The number of likely N-dealkylation sites (tertiary alicyclic amines) is 1. The van der Waals surface area contributed by atoms with Crippen molar-refractivity contribution < 1.29 is 31.6 Å². The molecule has 0 atom stereocenters. The number of alkyl halides is 3. The maximum atomic E-state index is 13.5. The molecule has 2 heterocycles. The van der Waals surface area contributed by atoms with E-state index in [0.29, 0.717) is 42.2 Å². The van der Waals surface area contributed by atoms with E-state index in [-0.39, 0.29) is 18.2 Å². The summed E-state index contributed by atoms with van der Waals surface area (Å²) in [5.74, 6) is -1.35. The van der Waals surface area contributed by atoms with Crippen LogP contribution >= 0.6 is 0 Å². The van der Waals surface area contributed by atoms with Gasteiger partial charge in [0.25, 0.3) is 6.20 Å². The number of hydrogen-bond acceptors (Lipinski definition) is 4. The number of amides is 1. The number of carbonyl (C=O) groups excluding carboxylic acids is 1. The van der Waals surface area contributed by atoms with Gasteiger partial charge >= 0.3 is 6.18 Å². The first-order chi connectivity index (χ1) is 14.1. The fraction of sp³-hybridized carbons (Fsp3) is 0.421. The highest BCUT2D eigenvalue weighted by Crippen LogP contribution is 2.33. The van der Waals surface area contributed by atoms with Crippen LogP contribution in [-0.4, -0.2) is 41.2 Å². The van der Waals surface area contributed by atoms with Gasteiger partial charge in [0.15, 0.2) is 4.54 Å². The summed E-state index contributed by atoms with van der Waals surface area (Å²) in [6.45, 7) is 0.777. The number of hydrogen-bond donors (Lipinski definition) is 1. The normalized spacial score (nSPS) is 15.2. The molecular weight excluding hydrogens is 408 g/mol. The third-order valence-corrected chi connectivity index (χ3v) is 4.76. The summed E-state index contributed by atoms with van der Waals surface area (Å²) >= 11 is 0. The van der Waals surface area contributed by atoms with E-state index < -0.39 is 23.7 Å². The molecule has 0 bridgehead atoms. The lowest BCUT2D eigenvalue weighted by atomic mass is 10.1. The first kappa shape index (κ1) is 21.6. The van der Waals surface area contributed by atoms with Crippen LogP contribution in [0.25, 0.3) is 0 Å². The molecule has 162 valence electrons. The molecule has 1 aromatic heterocycles. The third kappa shape index (κ3) is 5.49. The maximum absolute atomic E-state index is 13.5. The molecule has 0 saturated carbocycles. The molecule has 3 rings (SSSR count). The Bertz CT molecular complexity index is 969. The van der Waals surface area contributed by atoms with Gasteiger partial charge in [-0.1, -0.05) is 0 Å². The van der Waals surface area contributed by atoms with E-state index in [0.717, 1.165) is 12.1 Å². The van der Waals surface area contributed by atoms with Gasteiger partial charge < -0.3 is 15.0 Å². The smallest absolute Gasteiger partial charge is 0.416 e. The summed E-state index contributed by atoms with van der Waals surface area (Å²) in [7, 11) is 1.57. The summed E-state index contributed by atoms with van der Waals surface area (Å²) in [5.41, 5.74) is -0.490. The standard InChI is InChI=1S/C19H21F4N4O3/c1-25-12-15(2-7-27(25)29)24-11-18(28)26-5-3-16(4-6-26)30-17-9-13(19(21,22)23)8-14(20)10-17/h2,7-10,12,16,24H,3-6,11H2,1H3/q+1. The summed E-state index contributed by atoms with van der Waals surface area (Å²) in [4.78, 5) is 25.3. The predicted molar refractivity (Wildman–Crippen MR) is 98.9 cm³/mol. The average Bonchev–Trinajstić information content (AvgIpc) is 2.68. The summed E-state index contributed by atoms with van der Waals surface area (Å²) in [6, 6.07) is 3.66. The number of nitrogens with one attached hydrogen (secondary N) is 1. The number of benzene rings is 1. The van der Waals surface area contributed by atoms with Gasteiger partial charge in [0.2, 0.25) is 5.91 Å². The van der Waals surface area contributed by atoms with E-state index in [1.165, 1.54) is 10.9 Å². The summed E-state index contributed by atoms with van der Waals surface area (Å²) < 4.78 is 59.4. The van der Waals surface area contributed by atoms with Gasteiger partial charge in [0.05, 0.1) is 35.9 Å². The molecule has 1 amide bonds. The van der Waals surface area contributed by atoms with E-state index in [4.69, 9.17) is 4.74 Å². The number of aryl methyl sites for hydroxylation is 1. The van der Waals surface area contributed by atoms with E-state index in [2.05, 4.69) is 5.32 Å². The lowest BCUT2D eigenvalue weighted by molar-refractivity contribution is -0.595. The fourth-order valence-corrected chi connectivity index (χ4v) is 3.15. The Morgan fingerprint density at radius 2 is 1.97 bits per heavy atom. The van der Waals surface area contributed by atoms with Crippen molar-refractivity contribution in [2.45, 2.75) is 25.1 Å². The highest BCUT2D eigenvalue weighted by Gasteiger charge is 2.32. The largest absolute Gasteiger partial charge is 0.490 e. The zero-order chi connectivity index (χ0) is 21.9. The number of carbonyl (C=O) groups is 1. The second-order valence-electron chi connectivity index (χ2n) is 7.00. The molecule has 1 aliphatic rings. The quantitative estimate of drug-likeness (QED) is 0.586. The summed E-state index contributed by atoms with van der Waals surface area (Å²) in [5, 5.41) is 2.94. The number of nitrogens with zero attached hydrogens (tertiary/aromatic N) is 3.